The lowest BCUT2D eigenvalue weighted by Crippen LogP contribution is -2.07. The van der Waals surface area contributed by atoms with Crippen molar-refractivity contribution in [3.63, 3.8) is 0 Å². The lowest BCUT2D eigenvalue weighted by atomic mass is 9.91. The molecule has 0 unspecified atom stereocenters. The van der Waals surface area contributed by atoms with Gasteiger partial charge in [0.2, 0.25) is 6.54 Å². The number of rotatable bonds is 4. The maximum atomic E-state index is 12.4. The SMILES string of the molecule is [C-]#[N+]CCc1ccc(-c2c(CO)cc(C)c3[nH]c(=O)c4sccc4c23)cc1. The van der Waals surface area contributed by atoms with Gasteiger partial charge in [-0.05, 0) is 46.2 Å². The number of benzene rings is 2. The van der Waals surface area contributed by atoms with E-state index in [1.807, 2.05) is 48.7 Å². The van der Waals surface area contributed by atoms with Crippen LogP contribution in [0.3, 0.4) is 0 Å². The van der Waals surface area contributed by atoms with Gasteiger partial charge in [-0.1, -0.05) is 30.3 Å². The summed E-state index contributed by atoms with van der Waals surface area (Å²) >= 11 is 1.43. The minimum absolute atomic E-state index is 0.0731. The molecule has 2 aromatic heterocycles. The molecule has 0 aliphatic heterocycles. The number of hydrogen-bond acceptors (Lipinski definition) is 3. The van der Waals surface area contributed by atoms with Crippen LogP contribution in [0.4, 0.5) is 0 Å². The van der Waals surface area contributed by atoms with E-state index >= 15 is 0 Å². The molecule has 0 saturated heterocycles. The summed E-state index contributed by atoms with van der Waals surface area (Å²) < 4.78 is 0.701. The molecule has 134 valence electrons. The quantitative estimate of drug-likeness (QED) is 0.510. The van der Waals surface area contributed by atoms with Crippen molar-refractivity contribution >= 4 is 32.3 Å². The van der Waals surface area contributed by atoms with Crippen LogP contribution < -0.4 is 5.56 Å². The highest BCUT2D eigenvalue weighted by Gasteiger charge is 2.17. The highest BCUT2D eigenvalue weighted by atomic mass is 32.1. The van der Waals surface area contributed by atoms with Crippen LogP contribution in [-0.4, -0.2) is 16.6 Å². The van der Waals surface area contributed by atoms with Crippen LogP contribution in [0.2, 0.25) is 0 Å². The molecule has 0 radical (unpaired) electrons. The number of H-pyrrole nitrogens is 1. The summed E-state index contributed by atoms with van der Waals surface area (Å²) in [5.74, 6) is 0. The molecule has 0 atom stereocenters. The Hall–Kier alpha value is -2.94. The molecule has 0 aliphatic carbocycles. The number of aromatic amines is 1. The Bertz CT molecular complexity index is 1240. The molecule has 5 heteroatoms. The van der Waals surface area contributed by atoms with E-state index in [0.717, 1.165) is 50.5 Å². The van der Waals surface area contributed by atoms with Gasteiger partial charge in [0.05, 0.1) is 12.1 Å². The number of aliphatic hydroxyl groups is 1. The lowest BCUT2D eigenvalue weighted by molar-refractivity contribution is 0.282. The van der Waals surface area contributed by atoms with Crippen molar-refractivity contribution in [2.24, 2.45) is 0 Å². The van der Waals surface area contributed by atoms with E-state index in [2.05, 4.69) is 9.83 Å². The van der Waals surface area contributed by atoms with E-state index in [1.54, 1.807) is 0 Å². The average Bonchev–Trinajstić information content (AvgIpc) is 3.18. The second-order valence-electron chi connectivity index (χ2n) is 6.58. The predicted octanol–water partition coefficient (Wildman–Crippen LogP) is 4.67. The molecule has 0 aliphatic rings. The third-order valence-corrected chi connectivity index (χ3v) is 5.82. The molecule has 0 fully saturated rings. The Balaban J connectivity index is 2.04. The Morgan fingerprint density at radius 2 is 2.00 bits per heavy atom. The van der Waals surface area contributed by atoms with Crippen LogP contribution in [-0.2, 0) is 13.0 Å². The van der Waals surface area contributed by atoms with Crippen LogP contribution >= 0.6 is 11.3 Å². The molecule has 2 heterocycles. The molecule has 4 rings (SSSR count). The molecule has 2 N–H and O–H groups in total. The molecule has 4 aromatic rings. The van der Waals surface area contributed by atoms with E-state index in [9.17, 15) is 9.90 Å². The summed E-state index contributed by atoms with van der Waals surface area (Å²) in [6.45, 7) is 9.30. The molecule has 27 heavy (non-hydrogen) atoms. The predicted molar refractivity (Wildman–Crippen MR) is 111 cm³/mol. The van der Waals surface area contributed by atoms with Gasteiger partial charge in [-0.15, -0.1) is 11.3 Å². The third-order valence-electron chi connectivity index (χ3n) is 4.91. The highest BCUT2D eigenvalue weighted by Crippen LogP contribution is 2.38. The van der Waals surface area contributed by atoms with Crippen LogP contribution in [0, 0.1) is 13.5 Å². The maximum Gasteiger partial charge on any atom is 0.266 e. The normalized spacial score (nSPS) is 11.1. The average molecular weight is 374 g/mol. The van der Waals surface area contributed by atoms with Crippen molar-refractivity contribution in [2.75, 3.05) is 6.54 Å². The number of fused-ring (bicyclic) bond motifs is 3. The Morgan fingerprint density at radius 1 is 1.22 bits per heavy atom. The fourth-order valence-corrected chi connectivity index (χ4v) is 4.44. The molecule has 0 amide bonds. The van der Waals surface area contributed by atoms with E-state index in [-0.39, 0.29) is 12.2 Å². The van der Waals surface area contributed by atoms with Crippen molar-refractivity contribution in [3.8, 4) is 11.1 Å². The van der Waals surface area contributed by atoms with Gasteiger partial charge >= 0.3 is 0 Å². The number of thiophene rings is 1. The molecule has 2 aromatic carbocycles. The van der Waals surface area contributed by atoms with Crippen LogP contribution in [0.5, 0.6) is 0 Å². The number of aromatic nitrogens is 1. The van der Waals surface area contributed by atoms with Gasteiger partial charge in [-0.2, -0.15) is 0 Å². The number of nitrogens with one attached hydrogen (secondary N) is 1. The standard InChI is InChI=1S/C22H18N2O2S/c1-13-11-16(12-25)18(15-5-3-14(4-6-15)7-9-23-2)19-17-8-10-27-21(17)22(26)24-20(13)19/h3-6,8,10-11,25H,7,9,12H2,1H3,(H,24,26). The van der Waals surface area contributed by atoms with Crippen molar-refractivity contribution in [2.45, 2.75) is 20.0 Å². The van der Waals surface area contributed by atoms with E-state index in [4.69, 9.17) is 6.57 Å². The van der Waals surface area contributed by atoms with Crippen molar-refractivity contribution in [1.29, 1.82) is 0 Å². The second kappa shape index (κ2) is 6.99. The van der Waals surface area contributed by atoms with Gasteiger partial charge in [0.25, 0.3) is 5.56 Å². The molecule has 0 saturated carbocycles. The topological polar surface area (TPSA) is 57.4 Å². The van der Waals surface area contributed by atoms with Gasteiger partial charge in [0.1, 0.15) is 4.70 Å². The smallest absolute Gasteiger partial charge is 0.266 e. The summed E-state index contributed by atoms with van der Waals surface area (Å²) in [4.78, 5) is 18.9. The first-order valence-corrected chi connectivity index (χ1v) is 9.61. The number of hydrogen-bond donors (Lipinski definition) is 2. The third kappa shape index (κ3) is 2.93. The van der Waals surface area contributed by atoms with Gasteiger partial charge in [-0.25, -0.2) is 6.57 Å². The number of pyridine rings is 1. The highest BCUT2D eigenvalue weighted by molar-refractivity contribution is 7.17. The van der Waals surface area contributed by atoms with Gasteiger partial charge < -0.3 is 14.9 Å². The lowest BCUT2D eigenvalue weighted by Gasteiger charge is -2.15. The Kier molecular flexibility index (Phi) is 4.53. The van der Waals surface area contributed by atoms with Gasteiger partial charge in [-0.3, -0.25) is 4.79 Å². The minimum atomic E-state index is -0.0761. The van der Waals surface area contributed by atoms with Crippen LogP contribution in [0.25, 0.3) is 37.0 Å². The molecule has 4 nitrogen and oxygen atoms in total. The minimum Gasteiger partial charge on any atom is -0.392 e. The fourth-order valence-electron chi connectivity index (χ4n) is 3.65. The summed E-state index contributed by atoms with van der Waals surface area (Å²) in [6.07, 6.45) is 0.730. The van der Waals surface area contributed by atoms with Crippen molar-refractivity contribution < 1.29 is 5.11 Å². The van der Waals surface area contributed by atoms with Crippen LogP contribution in [0.1, 0.15) is 16.7 Å². The maximum absolute atomic E-state index is 12.4. The first kappa shape index (κ1) is 17.5. The fraction of sp³-hybridized carbons (Fsp3) is 0.182. The van der Waals surface area contributed by atoms with Gasteiger partial charge in [0, 0.05) is 17.2 Å². The van der Waals surface area contributed by atoms with Gasteiger partial charge in [0.15, 0.2) is 0 Å². The van der Waals surface area contributed by atoms with E-state index < -0.39 is 0 Å². The molecular formula is C22H18N2O2S. The Morgan fingerprint density at radius 3 is 2.70 bits per heavy atom. The molecular weight excluding hydrogens is 356 g/mol. The van der Waals surface area contributed by atoms with Crippen molar-refractivity contribution in [3.05, 3.63) is 80.2 Å². The molecule has 0 spiro atoms. The zero-order chi connectivity index (χ0) is 19.0. The number of aryl methyl sites for hydroxylation is 1. The van der Waals surface area contributed by atoms with E-state index in [1.165, 1.54) is 11.3 Å². The first-order chi connectivity index (χ1) is 13.1. The zero-order valence-electron chi connectivity index (χ0n) is 14.9. The molecule has 0 bridgehead atoms. The summed E-state index contributed by atoms with van der Waals surface area (Å²) in [5, 5.41) is 13.8. The largest absolute Gasteiger partial charge is 0.392 e. The summed E-state index contributed by atoms with van der Waals surface area (Å²) in [6, 6.07) is 12.1. The summed E-state index contributed by atoms with van der Waals surface area (Å²) in [7, 11) is 0. The van der Waals surface area contributed by atoms with Crippen LogP contribution in [0.15, 0.2) is 46.6 Å². The zero-order valence-corrected chi connectivity index (χ0v) is 15.7. The second-order valence-corrected chi connectivity index (χ2v) is 7.50. The Labute approximate surface area is 160 Å². The van der Waals surface area contributed by atoms with E-state index in [0.29, 0.717) is 11.2 Å². The monoisotopic (exact) mass is 374 g/mol. The first-order valence-electron chi connectivity index (χ1n) is 8.73. The van der Waals surface area contributed by atoms with Crippen molar-refractivity contribution in [1.82, 2.24) is 4.98 Å². The summed E-state index contributed by atoms with van der Waals surface area (Å²) in [5.41, 5.74) is 5.59. The number of nitrogens with zero attached hydrogens (tertiary/aromatic N) is 1. The number of aliphatic hydroxyl groups excluding tert-OH is 1.